The van der Waals surface area contributed by atoms with E-state index in [1.165, 1.54) is 0 Å². The van der Waals surface area contributed by atoms with E-state index in [1.54, 1.807) is 6.92 Å². The molecular formula is C11H15BrF3N3O2. The van der Waals surface area contributed by atoms with Crippen molar-refractivity contribution in [1.29, 1.82) is 0 Å². The van der Waals surface area contributed by atoms with Gasteiger partial charge in [0, 0.05) is 0 Å². The van der Waals surface area contributed by atoms with Crippen LogP contribution in [0.1, 0.15) is 20.3 Å². The predicted octanol–water partition coefficient (Wildman–Crippen LogP) is 2.14. The van der Waals surface area contributed by atoms with Crippen molar-refractivity contribution in [2.75, 3.05) is 11.9 Å². The highest BCUT2D eigenvalue weighted by molar-refractivity contribution is 9.10. The molecule has 0 saturated carbocycles. The molecule has 0 bridgehead atoms. The molecule has 0 aliphatic heterocycles. The molecule has 5 nitrogen and oxygen atoms in total. The second kappa shape index (κ2) is 6.13. The van der Waals surface area contributed by atoms with Crippen LogP contribution >= 0.6 is 15.9 Å². The van der Waals surface area contributed by atoms with E-state index >= 15 is 0 Å². The standard InChI is InChI=1S/C11H15BrF3N3O2/c1-3-10(2,6-19)17-7-4-16-18(5-11(13,14)15)9(20)8(7)12/h4,17,19H,3,5-6H2,1-2H3. The molecule has 1 aromatic heterocycles. The van der Waals surface area contributed by atoms with Crippen LogP contribution in [0, 0.1) is 0 Å². The van der Waals surface area contributed by atoms with E-state index in [0.717, 1.165) is 6.20 Å². The lowest BCUT2D eigenvalue weighted by atomic mass is 10.0. The Bertz CT molecular complexity index is 527. The second-order valence-corrected chi connectivity index (χ2v) is 5.44. The van der Waals surface area contributed by atoms with Gasteiger partial charge in [0.2, 0.25) is 0 Å². The zero-order valence-corrected chi connectivity index (χ0v) is 12.5. The Morgan fingerprint density at radius 1 is 1.50 bits per heavy atom. The third-order valence-electron chi connectivity index (χ3n) is 2.88. The molecule has 0 aliphatic rings. The van der Waals surface area contributed by atoms with Gasteiger partial charge < -0.3 is 10.4 Å². The summed E-state index contributed by atoms with van der Waals surface area (Å²) >= 11 is 2.96. The van der Waals surface area contributed by atoms with E-state index in [1.807, 2.05) is 6.92 Å². The van der Waals surface area contributed by atoms with Gasteiger partial charge in [-0.1, -0.05) is 6.92 Å². The summed E-state index contributed by atoms with van der Waals surface area (Å²) in [6, 6.07) is 0. The normalized spacial score (nSPS) is 14.9. The number of aliphatic hydroxyl groups is 1. The number of alkyl halides is 3. The number of nitrogens with one attached hydrogen (secondary N) is 1. The van der Waals surface area contributed by atoms with Crippen molar-refractivity contribution in [1.82, 2.24) is 9.78 Å². The Labute approximate surface area is 121 Å². The molecule has 0 saturated heterocycles. The molecule has 1 aromatic rings. The van der Waals surface area contributed by atoms with Crippen molar-refractivity contribution < 1.29 is 18.3 Å². The van der Waals surface area contributed by atoms with Crippen LogP contribution in [0.4, 0.5) is 18.9 Å². The molecule has 0 radical (unpaired) electrons. The zero-order valence-electron chi connectivity index (χ0n) is 11.0. The van der Waals surface area contributed by atoms with E-state index in [0.29, 0.717) is 11.1 Å². The number of aromatic nitrogens is 2. The monoisotopic (exact) mass is 357 g/mol. The number of rotatable bonds is 5. The van der Waals surface area contributed by atoms with Gasteiger partial charge in [-0.25, -0.2) is 4.68 Å². The molecule has 2 N–H and O–H groups in total. The number of nitrogens with zero attached hydrogens (tertiary/aromatic N) is 2. The molecule has 1 atom stereocenters. The van der Waals surface area contributed by atoms with Crippen molar-refractivity contribution in [3.8, 4) is 0 Å². The molecule has 1 unspecified atom stereocenters. The minimum absolute atomic E-state index is 0.0510. The first-order chi connectivity index (χ1) is 9.12. The summed E-state index contributed by atoms with van der Waals surface area (Å²) in [5.74, 6) is 0. The Morgan fingerprint density at radius 2 is 2.10 bits per heavy atom. The number of anilines is 1. The number of aliphatic hydroxyl groups excluding tert-OH is 1. The molecule has 20 heavy (non-hydrogen) atoms. The highest BCUT2D eigenvalue weighted by Crippen LogP contribution is 2.23. The van der Waals surface area contributed by atoms with Crippen LogP contribution < -0.4 is 10.9 Å². The number of halogens is 4. The minimum atomic E-state index is -4.52. The molecule has 0 aromatic carbocycles. The van der Waals surface area contributed by atoms with Crippen molar-refractivity contribution in [2.45, 2.75) is 38.5 Å². The largest absolute Gasteiger partial charge is 0.408 e. The summed E-state index contributed by atoms with van der Waals surface area (Å²) in [5, 5.41) is 15.7. The Hall–Kier alpha value is -1.09. The quantitative estimate of drug-likeness (QED) is 0.847. The lowest BCUT2D eigenvalue weighted by molar-refractivity contribution is -0.143. The first kappa shape index (κ1) is 17.0. The molecule has 1 heterocycles. The van der Waals surface area contributed by atoms with E-state index in [-0.39, 0.29) is 16.8 Å². The summed E-state index contributed by atoms with van der Waals surface area (Å²) in [7, 11) is 0. The predicted molar refractivity (Wildman–Crippen MR) is 71.7 cm³/mol. The van der Waals surface area contributed by atoms with Gasteiger partial charge in [0.1, 0.15) is 11.0 Å². The van der Waals surface area contributed by atoms with Crippen molar-refractivity contribution >= 4 is 21.6 Å². The molecule has 1 rings (SSSR count). The SMILES string of the molecule is CCC(C)(CO)Nc1cnn(CC(F)(F)F)c(=O)c1Br. The van der Waals surface area contributed by atoms with E-state index in [4.69, 9.17) is 0 Å². The summed E-state index contributed by atoms with van der Waals surface area (Å²) in [6.45, 7) is 1.91. The van der Waals surface area contributed by atoms with Crippen molar-refractivity contribution in [2.24, 2.45) is 0 Å². The van der Waals surface area contributed by atoms with E-state index in [2.05, 4.69) is 26.3 Å². The molecular weight excluding hydrogens is 343 g/mol. The third-order valence-corrected chi connectivity index (χ3v) is 3.65. The van der Waals surface area contributed by atoms with Crippen LogP contribution in [0.2, 0.25) is 0 Å². The highest BCUT2D eigenvalue weighted by Gasteiger charge is 2.30. The minimum Gasteiger partial charge on any atom is -0.394 e. The van der Waals surface area contributed by atoms with Gasteiger partial charge in [0.05, 0.1) is 24.0 Å². The van der Waals surface area contributed by atoms with Crippen LogP contribution in [0.15, 0.2) is 15.5 Å². The molecule has 0 fully saturated rings. The van der Waals surface area contributed by atoms with Crippen LogP contribution in [0.25, 0.3) is 0 Å². The van der Waals surface area contributed by atoms with Crippen molar-refractivity contribution in [3.05, 3.63) is 21.0 Å². The molecule has 0 aliphatic carbocycles. The maximum Gasteiger partial charge on any atom is 0.408 e. The maximum atomic E-state index is 12.3. The van der Waals surface area contributed by atoms with E-state index < -0.39 is 23.8 Å². The van der Waals surface area contributed by atoms with Gasteiger partial charge in [0.25, 0.3) is 5.56 Å². The van der Waals surface area contributed by atoms with Gasteiger partial charge in [-0.3, -0.25) is 4.79 Å². The summed E-state index contributed by atoms with van der Waals surface area (Å²) in [4.78, 5) is 11.8. The van der Waals surface area contributed by atoms with Crippen LogP contribution in [0.3, 0.4) is 0 Å². The van der Waals surface area contributed by atoms with Crippen molar-refractivity contribution in [3.63, 3.8) is 0 Å². The average molecular weight is 358 g/mol. The van der Waals surface area contributed by atoms with E-state index in [9.17, 15) is 23.1 Å². The fourth-order valence-corrected chi connectivity index (χ4v) is 1.81. The first-order valence-electron chi connectivity index (χ1n) is 5.83. The highest BCUT2D eigenvalue weighted by atomic mass is 79.9. The Kier molecular flexibility index (Phi) is 5.20. The fourth-order valence-electron chi connectivity index (χ4n) is 1.40. The van der Waals surface area contributed by atoms with Crippen LogP contribution in [-0.4, -0.2) is 33.2 Å². The average Bonchev–Trinajstić information content (AvgIpc) is 2.37. The summed E-state index contributed by atoms with van der Waals surface area (Å²) in [5.41, 5.74) is -1.33. The lowest BCUT2D eigenvalue weighted by Crippen LogP contribution is -2.39. The molecule has 0 spiro atoms. The van der Waals surface area contributed by atoms with Gasteiger partial charge in [0.15, 0.2) is 0 Å². The molecule has 0 amide bonds. The zero-order chi connectivity index (χ0) is 15.6. The molecule has 114 valence electrons. The smallest absolute Gasteiger partial charge is 0.394 e. The van der Waals surface area contributed by atoms with Gasteiger partial charge in [-0.15, -0.1) is 0 Å². The Balaban J connectivity index is 3.10. The van der Waals surface area contributed by atoms with Crippen LogP contribution in [-0.2, 0) is 6.54 Å². The third kappa shape index (κ3) is 4.20. The maximum absolute atomic E-state index is 12.3. The van der Waals surface area contributed by atoms with Gasteiger partial charge >= 0.3 is 6.18 Å². The number of hydrogen-bond donors (Lipinski definition) is 2. The van der Waals surface area contributed by atoms with Gasteiger partial charge in [-0.2, -0.15) is 18.3 Å². The lowest BCUT2D eigenvalue weighted by Gasteiger charge is -2.28. The van der Waals surface area contributed by atoms with Crippen LogP contribution in [0.5, 0.6) is 0 Å². The first-order valence-corrected chi connectivity index (χ1v) is 6.62. The molecule has 9 heteroatoms. The summed E-state index contributed by atoms with van der Waals surface area (Å²) < 4.78 is 37.1. The summed E-state index contributed by atoms with van der Waals surface area (Å²) in [6.07, 6.45) is -2.84. The topological polar surface area (TPSA) is 67.2 Å². The van der Waals surface area contributed by atoms with Gasteiger partial charge in [-0.05, 0) is 29.3 Å². The Morgan fingerprint density at radius 3 is 2.55 bits per heavy atom. The fraction of sp³-hybridized carbons (Fsp3) is 0.636. The second-order valence-electron chi connectivity index (χ2n) is 4.65. The number of hydrogen-bond acceptors (Lipinski definition) is 4.